The number of hydrogen-bond donors (Lipinski definition) is 2. The maximum atomic E-state index is 4.90. The number of aliphatic imine (C=N–C) groups is 1. The van der Waals surface area contributed by atoms with E-state index >= 15 is 0 Å². The first kappa shape index (κ1) is 18.5. The summed E-state index contributed by atoms with van der Waals surface area (Å²) >= 11 is 0. The number of nitrogens with one attached hydrogen (secondary N) is 2. The Balaban J connectivity index is 1.62. The van der Waals surface area contributed by atoms with Gasteiger partial charge in [-0.2, -0.15) is 0 Å². The number of guanidine groups is 1. The minimum atomic E-state index is 0.360. The Kier molecular flexibility index (Phi) is 7.14. The van der Waals surface area contributed by atoms with Gasteiger partial charge in [0.25, 0.3) is 0 Å². The highest BCUT2D eigenvalue weighted by molar-refractivity contribution is 5.79. The summed E-state index contributed by atoms with van der Waals surface area (Å²) in [6.07, 6.45) is 6.76. The Hall–Kier alpha value is -2.27. The Bertz CT molecular complexity index is 644. The maximum Gasteiger partial charge on any atom is 0.191 e. The monoisotopic (exact) mass is 353 g/mol. The van der Waals surface area contributed by atoms with Crippen molar-refractivity contribution in [2.24, 2.45) is 4.99 Å². The molecular weight excluding hydrogens is 322 g/mol. The minimum absolute atomic E-state index is 0.360. The SMILES string of the molecule is CCNC(=NCC(c1ccccc1)N1CCCC1)NCCn1cccc1. The minimum Gasteiger partial charge on any atom is -0.357 e. The smallest absolute Gasteiger partial charge is 0.191 e. The number of benzene rings is 1. The molecule has 2 N–H and O–H groups in total. The normalized spacial score (nSPS) is 16.6. The summed E-state index contributed by atoms with van der Waals surface area (Å²) in [6.45, 7) is 7.90. The largest absolute Gasteiger partial charge is 0.357 e. The summed E-state index contributed by atoms with van der Waals surface area (Å²) in [7, 11) is 0. The lowest BCUT2D eigenvalue weighted by molar-refractivity contribution is 0.251. The molecule has 1 aliphatic rings. The second-order valence-electron chi connectivity index (χ2n) is 6.74. The summed E-state index contributed by atoms with van der Waals surface area (Å²) in [5, 5.41) is 6.83. The molecule has 1 fully saturated rings. The van der Waals surface area contributed by atoms with E-state index in [4.69, 9.17) is 4.99 Å². The van der Waals surface area contributed by atoms with Gasteiger partial charge in [0.15, 0.2) is 5.96 Å². The fourth-order valence-corrected chi connectivity index (χ4v) is 3.50. The van der Waals surface area contributed by atoms with Gasteiger partial charge >= 0.3 is 0 Å². The molecule has 1 aromatic heterocycles. The van der Waals surface area contributed by atoms with Gasteiger partial charge in [0, 0.05) is 32.0 Å². The second kappa shape index (κ2) is 10.0. The summed E-state index contributed by atoms with van der Waals surface area (Å²) < 4.78 is 2.17. The van der Waals surface area contributed by atoms with E-state index < -0.39 is 0 Å². The number of likely N-dealkylation sites (tertiary alicyclic amines) is 1. The molecule has 2 heterocycles. The van der Waals surface area contributed by atoms with Crippen LogP contribution in [-0.4, -0.2) is 48.2 Å². The van der Waals surface area contributed by atoms with Crippen LogP contribution in [0, 0.1) is 0 Å². The van der Waals surface area contributed by atoms with Crippen LogP contribution in [0.4, 0.5) is 0 Å². The zero-order chi connectivity index (χ0) is 18.0. The van der Waals surface area contributed by atoms with E-state index in [-0.39, 0.29) is 0 Å². The zero-order valence-electron chi connectivity index (χ0n) is 15.8. The maximum absolute atomic E-state index is 4.90. The highest BCUT2D eigenvalue weighted by Gasteiger charge is 2.23. The van der Waals surface area contributed by atoms with Crippen LogP contribution in [0.2, 0.25) is 0 Å². The lowest BCUT2D eigenvalue weighted by Gasteiger charge is -2.27. The molecule has 1 atom stereocenters. The van der Waals surface area contributed by atoms with Crippen LogP contribution >= 0.6 is 0 Å². The number of hydrogen-bond acceptors (Lipinski definition) is 2. The van der Waals surface area contributed by atoms with E-state index in [1.807, 2.05) is 0 Å². The molecule has 2 aromatic rings. The number of aromatic nitrogens is 1. The highest BCUT2D eigenvalue weighted by atomic mass is 15.2. The highest BCUT2D eigenvalue weighted by Crippen LogP contribution is 2.25. The number of nitrogens with zero attached hydrogens (tertiary/aromatic N) is 3. The first-order chi connectivity index (χ1) is 12.9. The average Bonchev–Trinajstić information content (AvgIpc) is 3.37. The summed E-state index contributed by atoms with van der Waals surface area (Å²) in [4.78, 5) is 7.47. The van der Waals surface area contributed by atoms with Crippen LogP contribution in [0.3, 0.4) is 0 Å². The zero-order valence-corrected chi connectivity index (χ0v) is 15.8. The van der Waals surface area contributed by atoms with Crippen LogP contribution in [0.5, 0.6) is 0 Å². The van der Waals surface area contributed by atoms with Crippen LogP contribution in [0.1, 0.15) is 31.4 Å². The Labute approximate surface area is 157 Å². The van der Waals surface area contributed by atoms with E-state index in [1.165, 1.54) is 31.5 Å². The molecule has 26 heavy (non-hydrogen) atoms. The van der Waals surface area contributed by atoms with Gasteiger partial charge in [-0.1, -0.05) is 30.3 Å². The van der Waals surface area contributed by atoms with Gasteiger partial charge in [-0.25, -0.2) is 0 Å². The van der Waals surface area contributed by atoms with Crippen molar-refractivity contribution < 1.29 is 0 Å². The van der Waals surface area contributed by atoms with E-state index in [0.717, 1.165) is 32.1 Å². The van der Waals surface area contributed by atoms with Gasteiger partial charge in [0.1, 0.15) is 0 Å². The van der Waals surface area contributed by atoms with Gasteiger partial charge in [0.2, 0.25) is 0 Å². The predicted molar refractivity (Wildman–Crippen MR) is 108 cm³/mol. The Morgan fingerprint density at radius 3 is 2.46 bits per heavy atom. The summed E-state index contributed by atoms with van der Waals surface area (Å²) in [6, 6.07) is 15.3. The molecule has 0 saturated carbocycles. The van der Waals surface area contributed by atoms with Crippen molar-refractivity contribution in [3.05, 3.63) is 60.4 Å². The van der Waals surface area contributed by atoms with Crippen molar-refractivity contribution in [1.29, 1.82) is 0 Å². The quantitative estimate of drug-likeness (QED) is 0.567. The molecule has 0 radical (unpaired) electrons. The Morgan fingerprint density at radius 2 is 1.77 bits per heavy atom. The molecule has 5 heteroatoms. The first-order valence-corrected chi connectivity index (χ1v) is 9.78. The van der Waals surface area contributed by atoms with Crippen LogP contribution < -0.4 is 10.6 Å². The molecule has 1 unspecified atom stereocenters. The van der Waals surface area contributed by atoms with E-state index in [2.05, 4.69) is 81.9 Å². The van der Waals surface area contributed by atoms with E-state index in [0.29, 0.717) is 6.04 Å². The average molecular weight is 354 g/mol. The third-order valence-electron chi connectivity index (χ3n) is 4.86. The molecule has 0 aliphatic carbocycles. The fourth-order valence-electron chi connectivity index (χ4n) is 3.50. The third-order valence-corrected chi connectivity index (χ3v) is 4.86. The molecule has 140 valence electrons. The van der Waals surface area contributed by atoms with Crippen molar-refractivity contribution in [2.45, 2.75) is 32.4 Å². The van der Waals surface area contributed by atoms with Gasteiger partial charge in [-0.15, -0.1) is 0 Å². The molecule has 0 spiro atoms. The second-order valence-corrected chi connectivity index (χ2v) is 6.74. The molecule has 5 nitrogen and oxygen atoms in total. The first-order valence-electron chi connectivity index (χ1n) is 9.78. The van der Waals surface area contributed by atoms with Gasteiger partial charge in [-0.05, 0) is 50.6 Å². The summed E-state index contributed by atoms with van der Waals surface area (Å²) in [5.41, 5.74) is 1.36. The van der Waals surface area contributed by atoms with Crippen LogP contribution in [-0.2, 0) is 6.54 Å². The fraction of sp³-hybridized carbons (Fsp3) is 0.476. The topological polar surface area (TPSA) is 44.6 Å². The van der Waals surface area contributed by atoms with Gasteiger partial charge < -0.3 is 15.2 Å². The van der Waals surface area contributed by atoms with Crippen LogP contribution in [0.25, 0.3) is 0 Å². The lowest BCUT2D eigenvalue weighted by atomic mass is 10.1. The van der Waals surface area contributed by atoms with E-state index in [1.54, 1.807) is 0 Å². The molecule has 0 bridgehead atoms. The Morgan fingerprint density at radius 1 is 1.04 bits per heavy atom. The van der Waals surface area contributed by atoms with Crippen molar-refractivity contribution in [3.63, 3.8) is 0 Å². The standard InChI is InChI=1S/C21H31N5/c1-2-22-21(23-12-17-25-13-6-7-14-25)24-18-20(26-15-8-9-16-26)19-10-4-3-5-11-19/h3-7,10-11,13-14,20H,2,8-9,12,15-18H2,1H3,(H2,22,23,24). The molecular formula is C21H31N5. The molecule has 1 saturated heterocycles. The third kappa shape index (κ3) is 5.36. The van der Waals surface area contributed by atoms with Crippen molar-refractivity contribution in [2.75, 3.05) is 32.7 Å². The van der Waals surface area contributed by atoms with Crippen molar-refractivity contribution >= 4 is 5.96 Å². The van der Waals surface area contributed by atoms with Crippen molar-refractivity contribution in [3.8, 4) is 0 Å². The number of rotatable bonds is 8. The van der Waals surface area contributed by atoms with Crippen LogP contribution in [0.15, 0.2) is 59.9 Å². The molecule has 1 aliphatic heterocycles. The van der Waals surface area contributed by atoms with Crippen molar-refractivity contribution in [1.82, 2.24) is 20.1 Å². The lowest BCUT2D eigenvalue weighted by Crippen LogP contribution is -2.39. The van der Waals surface area contributed by atoms with E-state index in [9.17, 15) is 0 Å². The predicted octanol–water partition coefficient (Wildman–Crippen LogP) is 2.88. The van der Waals surface area contributed by atoms with Gasteiger partial charge in [0.05, 0.1) is 12.6 Å². The van der Waals surface area contributed by atoms with Gasteiger partial charge in [-0.3, -0.25) is 9.89 Å². The summed E-state index contributed by atoms with van der Waals surface area (Å²) in [5.74, 6) is 0.903. The molecule has 3 rings (SSSR count). The molecule has 0 amide bonds. The molecule has 1 aromatic carbocycles.